The molecule has 46 heavy (non-hydrogen) atoms. The van der Waals surface area contributed by atoms with Crippen LogP contribution in [0.5, 0.6) is 11.5 Å². The average molecular weight is 629 g/mol. The summed E-state index contributed by atoms with van der Waals surface area (Å²) in [5.74, 6) is -3.99. The van der Waals surface area contributed by atoms with Crippen LogP contribution in [0.3, 0.4) is 0 Å². The molecule has 0 saturated carbocycles. The zero-order valence-electron chi connectivity index (χ0n) is 25.3. The van der Waals surface area contributed by atoms with E-state index < -0.39 is 48.0 Å². The summed E-state index contributed by atoms with van der Waals surface area (Å²) in [6.45, 7) is 0.700. The maximum absolute atomic E-state index is 13.2. The maximum atomic E-state index is 13.2. The third-order valence-corrected chi connectivity index (χ3v) is 8.29. The second kappa shape index (κ2) is 14.7. The summed E-state index contributed by atoms with van der Waals surface area (Å²) >= 11 is 0. The summed E-state index contributed by atoms with van der Waals surface area (Å²) < 4.78 is 10.8. The van der Waals surface area contributed by atoms with Crippen LogP contribution in [0.25, 0.3) is 0 Å². The predicted molar refractivity (Wildman–Crippen MR) is 164 cm³/mol. The molecule has 0 radical (unpaired) electrons. The maximum Gasteiger partial charge on any atom is 0.329 e. The molecule has 2 aliphatic rings. The first-order chi connectivity index (χ1) is 22.2. The van der Waals surface area contributed by atoms with Gasteiger partial charge in [-0.05, 0) is 48.9 Å². The summed E-state index contributed by atoms with van der Waals surface area (Å²) in [5.41, 5.74) is 1.73. The van der Waals surface area contributed by atoms with Crippen molar-refractivity contribution in [3.63, 3.8) is 0 Å². The van der Waals surface area contributed by atoms with Crippen LogP contribution in [0, 0.1) is 0 Å². The Hall–Kier alpha value is -5.19. The van der Waals surface area contributed by atoms with Crippen molar-refractivity contribution >= 4 is 29.5 Å². The SMILES string of the molecule is O=C(Cc1cc(O)c(CC(=O)N2CCC[C@@H]2C(=O)OCc2ccccc2)cc1O)C(=O)N1CCC[C@@H]1C(=O)OCc1ccccc1. The lowest BCUT2D eigenvalue weighted by Gasteiger charge is -2.24. The summed E-state index contributed by atoms with van der Waals surface area (Å²) in [6.07, 6.45) is 1.15. The van der Waals surface area contributed by atoms with Gasteiger partial charge in [0.15, 0.2) is 0 Å². The fraction of sp³-hybridized carbons (Fsp3) is 0.343. The molecule has 0 unspecified atom stereocenters. The number of hydrogen-bond acceptors (Lipinski definition) is 9. The number of ether oxygens (including phenoxy) is 2. The lowest BCUT2D eigenvalue weighted by Crippen LogP contribution is -2.45. The number of ketones is 1. The number of esters is 2. The largest absolute Gasteiger partial charge is 0.508 e. The summed E-state index contributed by atoms with van der Waals surface area (Å²) in [5, 5.41) is 21.3. The quantitative estimate of drug-likeness (QED) is 0.185. The molecule has 3 aromatic rings. The van der Waals surface area contributed by atoms with Crippen LogP contribution in [0.1, 0.15) is 47.9 Å². The van der Waals surface area contributed by atoms with Crippen LogP contribution < -0.4 is 0 Å². The van der Waals surface area contributed by atoms with Gasteiger partial charge in [0.1, 0.15) is 36.8 Å². The Bertz CT molecular complexity index is 1590. The van der Waals surface area contributed by atoms with E-state index >= 15 is 0 Å². The van der Waals surface area contributed by atoms with Crippen LogP contribution in [0.2, 0.25) is 0 Å². The van der Waals surface area contributed by atoms with E-state index in [1.165, 1.54) is 15.9 Å². The highest BCUT2D eigenvalue weighted by molar-refractivity contribution is 6.37. The van der Waals surface area contributed by atoms with Crippen molar-refractivity contribution < 1.29 is 43.7 Å². The molecule has 0 spiro atoms. The first kappa shape index (κ1) is 32.2. The van der Waals surface area contributed by atoms with Gasteiger partial charge >= 0.3 is 11.9 Å². The minimum absolute atomic E-state index is 0.00186. The molecule has 2 heterocycles. The average Bonchev–Trinajstić information content (AvgIpc) is 3.76. The number of phenols is 2. The van der Waals surface area contributed by atoms with Gasteiger partial charge in [0.2, 0.25) is 11.7 Å². The van der Waals surface area contributed by atoms with E-state index in [1.54, 1.807) is 0 Å². The Labute approximate surface area is 266 Å². The number of likely N-dealkylation sites (tertiary alicyclic amines) is 2. The number of aromatic hydroxyl groups is 2. The van der Waals surface area contributed by atoms with E-state index in [4.69, 9.17) is 9.47 Å². The van der Waals surface area contributed by atoms with Gasteiger partial charge in [-0.25, -0.2) is 9.59 Å². The van der Waals surface area contributed by atoms with Crippen molar-refractivity contribution in [1.29, 1.82) is 0 Å². The summed E-state index contributed by atoms with van der Waals surface area (Å²) in [6, 6.07) is 19.0. The number of phenolic OH excluding ortho intramolecular Hbond substituents is 2. The molecule has 2 saturated heterocycles. The number of hydrogen-bond donors (Lipinski definition) is 2. The molecule has 2 fully saturated rings. The number of carbonyl (C=O) groups is 5. The Morgan fingerprint density at radius 3 is 1.63 bits per heavy atom. The van der Waals surface area contributed by atoms with Gasteiger partial charge < -0.3 is 29.5 Å². The molecule has 2 N–H and O–H groups in total. The molecule has 2 aliphatic heterocycles. The third-order valence-electron chi connectivity index (χ3n) is 8.29. The second-order valence-electron chi connectivity index (χ2n) is 11.5. The van der Waals surface area contributed by atoms with Crippen LogP contribution >= 0.6 is 0 Å². The van der Waals surface area contributed by atoms with Crippen molar-refractivity contribution in [2.24, 2.45) is 0 Å². The Kier molecular flexibility index (Phi) is 10.3. The predicted octanol–water partition coefficient (Wildman–Crippen LogP) is 3.22. The fourth-order valence-electron chi connectivity index (χ4n) is 5.83. The van der Waals surface area contributed by atoms with E-state index in [1.807, 2.05) is 60.7 Å². The van der Waals surface area contributed by atoms with E-state index in [9.17, 15) is 34.2 Å². The Morgan fingerprint density at radius 2 is 1.11 bits per heavy atom. The lowest BCUT2D eigenvalue weighted by atomic mass is 10.0. The number of rotatable bonds is 11. The topological polar surface area (TPSA) is 151 Å². The Balaban J connectivity index is 1.16. The van der Waals surface area contributed by atoms with Gasteiger partial charge in [-0.1, -0.05) is 60.7 Å². The van der Waals surface area contributed by atoms with E-state index in [0.717, 1.165) is 17.2 Å². The summed E-state index contributed by atoms with van der Waals surface area (Å²) in [7, 11) is 0. The molecule has 11 heteroatoms. The summed E-state index contributed by atoms with van der Waals surface area (Å²) in [4.78, 5) is 67.2. The third kappa shape index (κ3) is 7.71. The molecule has 2 amide bonds. The molecule has 5 rings (SSSR count). The number of Topliss-reactive ketones (excluding diaryl/α,β-unsaturated/α-hetero) is 1. The van der Waals surface area contributed by atoms with Crippen LogP contribution in [-0.4, -0.2) is 74.7 Å². The normalized spacial score (nSPS) is 17.5. The molecule has 0 aliphatic carbocycles. The van der Waals surface area contributed by atoms with Crippen molar-refractivity contribution in [2.75, 3.05) is 13.1 Å². The van der Waals surface area contributed by atoms with Crippen LogP contribution in [0.15, 0.2) is 72.8 Å². The number of nitrogens with zero attached hydrogens (tertiary/aromatic N) is 2. The van der Waals surface area contributed by atoms with E-state index in [-0.39, 0.29) is 48.8 Å². The first-order valence-electron chi connectivity index (χ1n) is 15.3. The smallest absolute Gasteiger partial charge is 0.329 e. The molecule has 3 aromatic carbocycles. The van der Waals surface area contributed by atoms with Gasteiger partial charge in [-0.3, -0.25) is 14.4 Å². The van der Waals surface area contributed by atoms with E-state index in [0.29, 0.717) is 32.2 Å². The molecule has 0 aromatic heterocycles. The minimum Gasteiger partial charge on any atom is -0.508 e. The zero-order chi connectivity index (χ0) is 32.6. The Morgan fingerprint density at radius 1 is 0.652 bits per heavy atom. The van der Waals surface area contributed by atoms with Crippen molar-refractivity contribution in [2.45, 2.75) is 63.8 Å². The van der Waals surface area contributed by atoms with Gasteiger partial charge in [0.25, 0.3) is 5.91 Å². The number of carbonyl (C=O) groups excluding carboxylic acids is 5. The highest BCUT2D eigenvalue weighted by Gasteiger charge is 2.38. The van der Waals surface area contributed by atoms with Crippen molar-refractivity contribution in [3.8, 4) is 11.5 Å². The monoisotopic (exact) mass is 628 g/mol. The highest BCUT2D eigenvalue weighted by Crippen LogP contribution is 2.30. The van der Waals surface area contributed by atoms with Crippen molar-refractivity contribution in [3.05, 3.63) is 95.1 Å². The molecule has 240 valence electrons. The lowest BCUT2D eigenvalue weighted by molar-refractivity contribution is -0.156. The van der Waals surface area contributed by atoms with E-state index in [2.05, 4.69) is 0 Å². The standard InChI is InChI=1S/C35H36N2O9/c38-29-18-26(20-32(41)36-15-7-13-27(36)34(43)45-21-23-9-3-1-4-10-23)30(39)17-25(29)19-31(40)33(42)37-16-8-14-28(37)35(44)46-22-24-11-5-2-6-12-24/h1-6,9-12,17-18,27-28,38-39H,7-8,13-16,19-22H2/t27-,28-/m1/s1. The van der Waals surface area contributed by atoms with Gasteiger partial charge in [0, 0.05) is 30.6 Å². The van der Waals surface area contributed by atoms with Crippen LogP contribution in [-0.2, 0) is 59.5 Å². The number of amides is 2. The minimum atomic E-state index is -0.888. The highest BCUT2D eigenvalue weighted by atomic mass is 16.5. The van der Waals surface area contributed by atoms with Gasteiger partial charge in [-0.2, -0.15) is 0 Å². The van der Waals surface area contributed by atoms with Crippen LogP contribution in [0.4, 0.5) is 0 Å². The van der Waals surface area contributed by atoms with Gasteiger partial charge in [-0.15, -0.1) is 0 Å². The van der Waals surface area contributed by atoms with Crippen molar-refractivity contribution in [1.82, 2.24) is 9.80 Å². The molecular formula is C35H36N2O9. The molecule has 2 atom stereocenters. The zero-order valence-corrected chi connectivity index (χ0v) is 25.3. The fourth-order valence-corrected chi connectivity index (χ4v) is 5.83. The molecule has 11 nitrogen and oxygen atoms in total. The second-order valence-corrected chi connectivity index (χ2v) is 11.5. The molecular weight excluding hydrogens is 592 g/mol. The first-order valence-corrected chi connectivity index (χ1v) is 15.3. The molecule has 0 bridgehead atoms. The van der Waals surface area contributed by atoms with Gasteiger partial charge in [0.05, 0.1) is 6.42 Å². The number of benzene rings is 3.